The molecule has 55 heavy (non-hydrogen) atoms. The Labute approximate surface area is 316 Å². The Hall–Kier alpha value is -5.42. The molecule has 0 saturated carbocycles. The average molecular weight is 782 g/mol. The van der Waals surface area contributed by atoms with Crippen molar-refractivity contribution in [1.82, 2.24) is 38.9 Å². The smallest absolute Gasteiger partial charge is 0.416 e. The van der Waals surface area contributed by atoms with Crippen LogP contribution in [0.2, 0.25) is 5.02 Å². The molecule has 0 radical (unpaired) electrons. The maximum absolute atomic E-state index is 15.6. The molecular formula is C37H36ClF4N9O4. The van der Waals surface area contributed by atoms with Gasteiger partial charge in [-0.3, -0.25) is 14.4 Å². The number of nitrogens with one attached hydrogen (secondary N) is 1. The lowest BCUT2D eigenvalue weighted by Gasteiger charge is -2.39. The van der Waals surface area contributed by atoms with Crippen molar-refractivity contribution in [3.05, 3.63) is 97.7 Å². The Balaban J connectivity index is 1.29. The van der Waals surface area contributed by atoms with Gasteiger partial charge in [0, 0.05) is 36.3 Å². The van der Waals surface area contributed by atoms with Gasteiger partial charge in [-0.05, 0) is 82.1 Å². The van der Waals surface area contributed by atoms with Crippen molar-refractivity contribution in [1.29, 1.82) is 0 Å². The lowest BCUT2D eigenvalue weighted by Crippen LogP contribution is -2.46. The van der Waals surface area contributed by atoms with Crippen molar-refractivity contribution in [3.63, 3.8) is 0 Å². The Morgan fingerprint density at radius 1 is 1.11 bits per heavy atom. The highest BCUT2D eigenvalue weighted by atomic mass is 35.5. The minimum atomic E-state index is -4.64. The molecule has 7 rings (SSSR count). The number of piperidine rings is 1. The molecule has 2 N–H and O–H groups in total. The fourth-order valence-corrected chi connectivity index (χ4v) is 8.06. The van der Waals surface area contributed by atoms with Crippen molar-refractivity contribution >= 4 is 34.9 Å². The third-order valence-electron chi connectivity index (χ3n) is 10.3. The van der Waals surface area contributed by atoms with Gasteiger partial charge in [0.1, 0.15) is 18.7 Å². The normalized spacial score (nSPS) is 16.6. The zero-order valence-corrected chi connectivity index (χ0v) is 31.0. The molecule has 18 heteroatoms. The molecule has 0 bridgehead atoms. The van der Waals surface area contributed by atoms with Gasteiger partial charge in [0.25, 0.3) is 11.5 Å². The summed E-state index contributed by atoms with van der Waals surface area (Å²) >= 11 is 6.15. The maximum atomic E-state index is 15.6. The van der Waals surface area contributed by atoms with Gasteiger partial charge < -0.3 is 24.8 Å². The fourth-order valence-electron chi connectivity index (χ4n) is 7.83. The number of fused-ring (bicyclic) bond motifs is 3. The molecular weight excluding hydrogens is 746 g/mol. The van der Waals surface area contributed by atoms with Crippen LogP contribution in [-0.2, 0) is 29.5 Å². The first-order chi connectivity index (χ1) is 26.0. The molecule has 1 atom stereocenters. The van der Waals surface area contributed by atoms with E-state index < -0.39 is 46.9 Å². The predicted octanol–water partition coefficient (Wildman–Crippen LogP) is 5.55. The summed E-state index contributed by atoms with van der Waals surface area (Å²) in [6, 6.07) is 7.19. The highest BCUT2D eigenvalue weighted by Crippen LogP contribution is 2.50. The molecule has 2 aromatic carbocycles. The van der Waals surface area contributed by atoms with E-state index in [-0.39, 0.29) is 64.0 Å². The number of anilines is 1. The number of hydrogen-bond donors (Lipinski definition) is 2. The van der Waals surface area contributed by atoms with E-state index in [2.05, 4.69) is 25.4 Å². The lowest BCUT2D eigenvalue weighted by molar-refractivity contribution is -0.137. The summed E-state index contributed by atoms with van der Waals surface area (Å²) in [6.07, 6.45) is -2.23. The van der Waals surface area contributed by atoms with E-state index in [9.17, 15) is 32.7 Å². The number of aromatic hydroxyl groups is 1. The predicted molar refractivity (Wildman–Crippen MR) is 193 cm³/mol. The van der Waals surface area contributed by atoms with Crippen molar-refractivity contribution in [2.75, 3.05) is 32.5 Å². The van der Waals surface area contributed by atoms with Gasteiger partial charge in [-0.1, -0.05) is 24.6 Å². The number of aromatic nitrogens is 6. The van der Waals surface area contributed by atoms with E-state index in [0.29, 0.717) is 48.7 Å². The third-order valence-corrected chi connectivity index (χ3v) is 10.7. The van der Waals surface area contributed by atoms with Gasteiger partial charge >= 0.3 is 6.18 Å². The Morgan fingerprint density at radius 3 is 2.49 bits per heavy atom. The Bertz CT molecular complexity index is 2420. The van der Waals surface area contributed by atoms with Crippen LogP contribution in [0, 0.1) is 12.7 Å². The van der Waals surface area contributed by atoms with Crippen molar-refractivity contribution in [2.45, 2.75) is 63.7 Å². The Kier molecular flexibility index (Phi) is 9.65. The van der Waals surface area contributed by atoms with Gasteiger partial charge in [0.2, 0.25) is 11.7 Å². The number of nitrogens with zero attached hydrogens (tertiary/aromatic N) is 8. The van der Waals surface area contributed by atoms with Crippen molar-refractivity contribution in [2.24, 2.45) is 0 Å². The van der Waals surface area contributed by atoms with E-state index in [1.807, 2.05) is 25.9 Å². The van der Waals surface area contributed by atoms with Crippen LogP contribution in [0.15, 0.2) is 47.5 Å². The van der Waals surface area contributed by atoms with Crippen LogP contribution >= 0.6 is 11.6 Å². The quantitative estimate of drug-likeness (QED) is 0.203. The van der Waals surface area contributed by atoms with Gasteiger partial charge in [-0.15, -0.1) is 5.10 Å². The number of benzene rings is 2. The summed E-state index contributed by atoms with van der Waals surface area (Å²) in [6.45, 7) is 3.96. The first-order valence-electron chi connectivity index (χ1n) is 17.4. The lowest BCUT2D eigenvalue weighted by atomic mass is 9.73. The maximum Gasteiger partial charge on any atom is 0.416 e. The van der Waals surface area contributed by atoms with Gasteiger partial charge in [0.05, 0.1) is 27.5 Å². The zero-order chi connectivity index (χ0) is 39.6. The average Bonchev–Trinajstić information content (AvgIpc) is 3.68. The number of aryl methyl sites for hydroxylation is 1. The van der Waals surface area contributed by atoms with Crippen LogP contribution in [0.1, 0.15) is 70.7 Å². The van der Waals surface area contributed by atoms with Gasteiger partial charge in [-0.2, -0.15) is 22.7 Å². The summed E-state index contributed by atoms with van der Waals surface area (Å²) in [5.41, 5.74) is -0.500. The number of rotatable bonds is 7. The van der Waals surface area contributed by atoms with E-state index in [0.717, 1.165) is 16.6 Å². The van der Waals surface area contributed by atoms with Crippen LogP contribution in [-0.4, -0.2) is 83.0 Å². The highest BCUT2D eigenvalue weighted by Gasteiger charge is 2.49. The van der Waals surface area contributed by atoms with E-state index in [1.54, 1.807) is 17.9 Å². The summed E-state index contributed by atoms with van der Waals surface area (Å²) in [7, 11) is 3.70. The van der Waals surface area contributed by atoms with Gasteiger partial charge in [0.15, 0.2) is 17.3 Å². The van der Waals surface area contributed by atoms with Crippen LogP contribution in [0.5, 0.6) is 5.75 Å². The fraction of sp³-hybridized carbons (Fsp3) is 0.378. The first-order valence-corrected chi connectivity index (χ1v) is 17.8. The molecule has 1 aliphatic carbocycles. The molecule has 1 aliphatic heterocycles. The zero-order valence-electron chi connectivity index (χ0n) is 30.2. The molecule has 13 nitrogen and oxygen atoms in total. The van der Waals surface area contributed by atoms with E-state index in [4.69, 9.17) is 11.6 Å². The number of hydrogen-bond acceptors (Lipinski definition) is 9. The van der Waals surface area contributed by atoms with Crippen LogP contribution in [0.4, 0.5) is 23.2 Å². The van der Waals surface area contributed by atoms with Crippen molar-refractivity contribution in [3.8, 4) is 17.1 Å². The molecule has 4 heterocycles. The second-order valence-corrected chi connectivity index (χ2v) is 14.8. The molecule has 0 unspecified atom stereocenters. The number of amides is 2. The number of halogens is 5. The standard InChI is InChI=1S/C37H36ClF4N9O4/c1-19-15-36(9-11-49(12-10-36)34(55)29-31(53)20(2)43-18-44-29)28-30(19)50(17-27(52)45-26-8-6-22(14-24(26)38)37(40,41)42)35-46-32(47-51(35)33(28)54)23-7-5-21(13-25(23)39)16-48(3)4/h5-8,13-14,18-19,53H,9-12,15-17H2,1-4H3,(H,45,52)/t19-/m1/s1. The van der Waals surface area contributed by atoms with E-state index in [1.165, 1.54) is 23.0 Å². The third kappa shape index (κ3) is 6.90. The molecule has 1 fully saturated rings. The topological polar surface area (TPSA) is 151 Å². The monoisotopic (exact) mass is 781 g/mol. The summed E-state index contributed by atoms with van der Waals surface area (Å²) < 4.78 is 58.0. The molecule has 3 aromatic heterocycles. The largest absolute Gasteiger partial charge is 0.504 e. The summed E-state index contributed by atoms with van der Waals surface area (Å²) in [5, 5.41) is 17.2. The molecule has 1 saturated heterocycles. The van der Waals surface area contributed by atoms with Crippen LogP contribution in [0.3, 0.4) is 0 Å². The minimum Gasteiger partial charge on any atom is -0.504 e. The summed E-state index contributed by atoms with van der Waals surface area (Å²) in [5.74, 6) is -2.48. The van der Waals surface area contributed by atoms with Crippen LogP contribution in [0.25, 0.3) is 17.2 Å². The van der Waals surface area contributed by atoms with Crippen LogP contribution < -0.4 is 10.9 Å². The van der Waals surface area contributed by atoms with Crippen molar-refractivity contribution < 1.29 is 32.3 Å². The number of alkyl halides is 3. The molecule has 2 amide bonds. The molecule has 288 valence electrons. The second-order valence-electron chi connectivity index (χ2n) is 14.4. The number of likely N-dealkylation sites (tertiary alicyclic amines) is 1. The highest BCUT2D eigenvalue weighted by molar-refractivity contribution is 6.33. The second kappa shape index (κ2) is 14.0. The first kappa shape index (κ1) is 37.9. The van der Waals surface area contributed by atoms with Gasteiger partial charge in [-0.25, -0.2) is 14.4 Å². The molecule has 2 aliphatic rings. The Morgan fingerprint density at radius 2 is 1.84 bits per heavy atom. The number of carbonyl (C=O) groups excluding carboxylic acids is 2. The SMILES string of the molecule is Cc1ncnc(C(=O)N2CCC3(CC2)C[C@@H](C)c2c3c(=O)n3nc(-c4ccc(CN(C)C)cc4F)nc3n2CC(=O)Nc2ccc(C(F)(F)F)cc2Cl)c1O. The molecule has 5 aromatic rings. The minimum absolute atomic E-state index is 0.0321. The number of carbonyl (C=O) groups is 2. The molecule has 1 spiro atoms. The van der Waals surface area contributed by atoms with E-state index >= 15 is 4.39 Å². The summed E-state index contributed by atoms with van der Waals surface area (Å²) in [4.78, 5) is 57.6.